The molecule has 0 saturated heterocycles. The summed E-state index contributed by atoms with van der Waals surface area (Å²) in [5, 5.41) is 0. The molecular weight excluding hydrogens is 566 g/mol. The fraction of sp³-hybridized carbons (Fsp3) is 0.778. The molecule has 0 aliphatic heterocycles. The van der Waals surface area contributed by atoms with Crippen LogP contribution in [0.4, 0.5) is 8.78 Å². The Labute approximate surface area is 263 Å². The average molecular weight is 623 g/mol. The molecule has 1 aromatic carbocycles. The molecular formula is C36H56F2O6. The van der Waals surface area contributed by atoms with E-state index in [1.165, 1.54) is 0 Å². The molecule has 8 heteroatoms. The molecule has 2 saturated carbocycles. The lowest BCUT2D eigenvalue weighted by molar-refractivity contribution is -0.158. The SMILES string of the molecule is CCCCCC[C@@H](F)C(=O)O[C@H]1CC[C@H](COc2ccc(OC[C@H]3CC[C@H](OC(=O)[C@H](F)CCCCCC)CC3)cc2)CC1. The molecule has 0 spiro atoms. The lowest BCUT2D eigenvalue weighted by atomic mass is 9.88. The number of unbranched alkanes of at least 4 members (excludes halogenated alkanes) is 6. The number of benzene rings is 1. The first-order valence-electron chi connectivity index (χ1n) is 17.4. The van der Waals surface area contributed by atoms with Gasteiger partial charge in [-0.15, -0.1) is 0 Å². The summed E-state index contributed by atoms with van der Waals surface area (Å²) in [7, 11) is 0. The van der Waals surface area contributed by atoms with E-state index in [9.17, 15) is 18.4 Å². The monoisotopic (exact) mass is 622 g/mol. The van der Waals surface area contributed by atoms with E-state index in [0.717, 1.165) is 114 Å². The topological polar surface area (TPSA) is 71.1 Å². The number of carbonyl (C=O) groups excluding carboxylic acids is 2. The molecule has 6 nitrogen and oxygen atoms in total. The minimum absolute atomic E-state index is 0.193. The Balaban J connectivity index is 1.24. The largest absolute Gasteiger partial charge is 0.493 e. The summed E-state index contributed by atoms with van der Waals surface area (Å²) in [4.78, 5) is 24.2. The van der Waals surface area contributed by atoms with Gasteiger partial charge in [0, 0.05) is 0 Å². The van der Waals surface area contributed by atoms with Gasteiger partial charge in [-0.3, -0.25) is 0 Å². The van der Waals surface area contributed by atoms with Crippen molar-refractivity contribution in [2.45, 2.75) is 154 Å². The molecule has 0 N–H and O–H groups in total. The molecule has 2 aliphatic carbocycles. The third kappa shape index (κ3) is 13.7. The van der Waals surface area contributed by atoms with Crippen LogP contribution in [0.15, 0.2) is 24.3 Å². The lowest BCUT2D eigenvalue weighted by Gasteiger charge is -2.29. The second kappa shape index (κ2) is 20.6. The van der Waals surface area contributed by atoms with E-state index in [0.29, 0.717) is 25.0 Å². The normalized spacial score (nSPS) is 23.4. The van der Waals surface area contributed by atoms with Crippen molar-refractivity contribution in [1.82, 2.24) is 0 Å². The Kier molecular flexibility index (Phi) is 16.9. The van der Waals surface area contributed by atoms with Crippen LogP contribution in [0.25, 0.3) is 0 Å². The van der Waals surface area contributed by atoms with Gasteiger partial charge in [0.05, 0.1) is 13.2 Å². The van der Waals surface area contributed by atoms with Crippen LogP contribution in [0.3, 0.4) is 0 Å². The van der Waals surface area contributed by atoms with E-state index in [4.69, 9.17) is 18.9 Å². The molecule has 2 aliphatic rings. The molecule has 0 bridgehead atoms. The van der Waals surface area contributed by atoms with Crippen LogP contribution in [0.2, 0.25) is 0 Å². The molecule has 0 aromatic heterocycles. The van der Waals surface area contributed by atoms with E-state index in [-0.39, 0.29) is 25.0 Å². The van der Waals surface area contributed by atoms with Gasteiger partial charge >= 0.3 is 11.9 Å². The fourth-order valence-electron chi connectivity index (χ4n) is 6.11. The maximum absolute atomic E-state index is 14.1. The number of carbonyl (C=O) groups is 2. The Hall–Kier alpha value is -2.38. The van der Waals surface area contributed by atoms with Gasteiger partial charge in [0.25, 0.3) is 0 Å². The summed E-state index contributed by atoms with van der Waals surface area (Å²) < 4.78 is 51.2. The van der Waals surface area contributed by atoms with Crippen molar-refractivity contribution in [3.63, 3.8) is 0 Å². The summed E-state index contributed by atoms with van der Waals surface area (Å²) in [5.74, 6) is 0.939. The van der Waals surface area contributed by atoms with Crippen LogP contribution in [-0.2, 0) is 19.1 Å². The fourth-order valence-corrected chi connectivity index (χ4v) is 6.11. The highest BCUT2D eigenvalue weighted by Crippen LogP contribution is 2.30. The van der Waals surface area contributed by atoms with Crippen molar-refractivity contribution in [3.8, 4) is 11.5 Å². The molecule has 2 atom stereocenters. The zero-order chi connectivity index (χ0) is 31.6. The summed E-state index contributed by atoms with van der Waals surface area (Å²) >= 11 is 0. The lowest BCUT2D eigenvalue weighted by Crippen LogP contribution is -2.30. The van der Waals surface area contributed by atoms with Gasteiger partial charge < -0.3 is 18.9 Å². The third-order valence-corrected chi connectivity index (χ3v) is 9.08. The van der Waals surface area contributed by atoms with Crippen molar-refractivity contribution in [1.29, 1.82) is 0 Å². The van der Waals surface area contributed by atoms with Gasteiger partial charge in [0.15, 0.2) is 12.3 Å². The molecule has 44 heavy (non-hydrogen) atoms. The molecule has 0 unspecified atom stereocenters. The van der Waals surface area contributed by atoms with Gasteiger partial charge in [0.2, 0.25) is 0 Å². The first-order valence-corrected chi connectivity index (χ1v) is 17.4. The van der Waals surface area contributed by atoms with Gasteiger partial charge in [0.1, 0.15) is 23.7 Å². The number of alkyl halides is 2. The minimum Gasteiger partial charge on any atom is -0.493 e. The van der Waals surface area contributed by atoms with Gasteiger partial charge in [-0.1, -0.05) is 52.4 Å². The van der Waals surface area contributed by atoms with E-state index >= 15 is 0 Å². The van der Waals surface area contributed by atoms with E-state index < -0.39 is 24.3 Å². The maximum atomic E-state index is 14.1. The Morgan fingerprint density at radius 1 is 0.614 bits per heavy atom. The van der Waals surface area contributed by atoms with E-state index in [2.05, 4.69) is 13.8 Å². The second-order valence-electron chi connectivity index (χ2n) is 12.9. The Bertz CT molecular complexity index is 850. The number of esters is 2. The number of rotatable bonds is 20. The highest BCUT2D eigenvalue weighted by Gasteiger charge is 2.29. The van der Waals surface area contributed by atoms with Crippen molar-refractivity contribution >= 4 is 11.9 Å². The number of hydrogen-bond acceptors (Lipinski definition) is 6. The highest BCUT2D eigenvalue weighted by molar-refractivity contribution is 5.75. The summed E-state index contributed by atoms with van der Waals surface area (Å²) in [6, 6.07) is 7.65. The molecule has 0 amide bonds. The van der Waals surface area contributed by atoms with Crippen LogP contribution < -0.4 is 9.47 Å². The summed E-state index contributed by atoms with van der Waals surface area (Å²) in [6.45, 7) is 5.41. The second-order valence-corrected chi connectivity index (χ2v) is 12.9. The van der Waals surface area contributed by atoms with Crippen LogP contribution in [0, 0.1) is 11.8 Å². The van der Waals surface area contributed by atoms with Crippen LogP contribution in [-0.4, -0.2) is 49.7 Å². The molecule has 0 radical (unpaired) electrons. The van der Waals surface area contributed by atoms with E-state index in [1.54, 1.807) is 0 Å². The van der Waals surface area contributed by atoms with Crippen molar-refractivity contribution in [2.75, 3.05) is 13.2 Å². The zero-order valence-corrected chi connectivity index (χ0v) is 27.1. The first-order chi connectivity index (χ1) is 21.4. The molecule has 3 rings (SSSR count). The van der Waals surface area contributed by atoms with Crippen LogP contribution >= 0.6 is 0 Å². The first kappa shape index (κ1) is 36.1. The Morgan fingerprint density at radius 3 is 1.32 bits per heavy atom. The minimum atomic E-state index is -1.51. The van der Waals surface area contributed by atoms with Gasteiger partial charge in [-0.25, -0.2) is 18.4 Å². The molecule has 0 heterocycles. The smallest absolute Gasteiger partial charge is 0.340 e. The van der Waals surface area contributed by atoms with Gasteiger partial charge in [-0.05, 0) is 113 Å². The summed E-state index contributed by atoms with van der Waals surface area (Å²) in [6.07, 6.45) is 11.3. The number of ether oxygens (including phenoxy) is 4. The van der Waals surface area contributed by atoms with Crippen LogP contribution in [0.1, 0.15) is 129 Å². The zero-order valence-electron chi connectivity index (χ0n) is 27.1. The Morgan fingerprint density at radius 2 is 0.977 bits per heavy atom. The van der Waals surface area contributed by atoms with Crippen molar-refractivity contribution in [2.24, 2.45) is 11.8 Å². The van der Waals surface area contributed by atoms with E-state index in [1.807, 2.05) is 24.3 Å². The highest BCUT2D eigenvalue weighted by atomic mass is 19.1. The number of hydrogen-bond donors (Lipinski definition) is 0. The predicted octanol–water partition coefficient (Wildman–Crippen LogP) is 9.27. The predicted molar refractivity (Wildman–Crippen MR) is 168 cm³/mol. The maximum Gasteiger partial charge on any atom is 0.340 e. The molecule has 250 valence electrons. The molecule has 1 aromatic rings. The molecule has 2 fully saturated rings. The standard InChI is InChI=1S/C36H56F2O6/c1-3-5-7-9-11-33(37)35(39)43-31-17-13-27(14-18-31)25-41-29-21-23-30(24-22-29)42-26-28-15-19-32(20-16-28)44-36(40)34(38)12-10-8-6-4-2/h21-24,27-28,31-34H,3-20,25-26H2,1-2H3/t27-,28-,31-,32-,33-,34-/m1/s1. The average Bonchev–Trinajstić information content (AvgIpc) is 3.04. The van der Waals surface area contributed by atoms with Gasteiger partial charge in [-0.2, -0.15) is 0 Å². The number of halogens is 2. The van der Waals surface area contributed by atoms with Crippen LogP contribution in [0.5, 0.6) is 11.5 Å². The van der Waals surface area contributed by atoms with Crippen molar-refractivity contribution < 1.29 is 37.3 Å². The summed E-state index contributed by atoms with van der Waals surface area (Å²) in [5.41, 5.74) is 0. The van der Waals surface area contributed by atoms with Crippen molar-refractivity contribution in [3.05, 3.63) is 24.3 Å². The quantitative estimate of drug-likeness (QED) is 0.107. The third-order valence-electron chi connectivity index (χ3n) is 9.08.